The Morgan fingerprint density at radius 3 is 2.44 bits per heavy atom. The fourth-order valence-electron chi connectivity index (χ4n) is 1.45. The van der Waals surface area contributed by atoms with E-state index in [4.69, 9.17) is 0 Å². The van der Waals surface area contributed by atoms with E-state index in [2.05, 4.69) is 23.9 Å². The van der Waals surface area contributed by atoms with Gasteiger partial charge in [0.2, 0.25) is 0 Å². The molecule has 1 N–H and O–H groups in total. The van der Waals surface area contributed by atoms with Crippen molar-refractivity contribution in [2.75, 3.05) is 6.54 Å². The van der Waals surface area contributed by atoms with E-state index in [-0.39, 0.29) is 11.6 Å². The molecule has 0 saturated heterocycles. The minimum Gasteiger partial charge on any atom is -0.299 e. The molecule has 0 aliphatic rings. The first-order chi connectivity index (χ1) is 7.43. The van der Waals surface area contributed by atoms with Gasteiger partial charge in [0.05, 0.1) is 5.56 Å². The minimum atomic E-state index is 0.0139. The van der Waals surface area contributed by atoms with Crippen molar-refractivity contribution < 1.29 is 0 Å². The van der Waals surface area contributed by atoms with Crippen LogP contribution in [-0.2, 0) is 0 Å². The van der Waals surface area contributed by atoms with Gasteiger partial charge in [0.1, 0.15) is 0 Å². The molecule has 0 aliphatic heterocycles. The maximum Gasteiger partial charge on any atom is 0.275 e. The second kappa shape index (κ2) is 5.14. The molecule has 16 heavy (non-hydrogen) atoms. The molecular formula is C12H21N3O. The van der Waals surface area contributed by atoms with Crippen LogP contribution in [0.15, 0.2) is 9.79 Å². The number of rotatable bonds is 4. The Balaban J connectivity index is 2.97. The van der Waals surface area contributed by atoms with E-state index in [0.717, 1.165) is 12.2 Å². The molecule has 4 nitrogen and oxygen atoms in total. The molecule has 0 unspecified atom stereocenters. The molecule has 0 atom stereocenters. The first-order valence-corrected chi connectivity index (χ1v) is 5.74. The minimum absolute atomic E-state index is 0.0139. The molecule has 0 radical (unpaired) electrons. The van der Waals surface area contributed by atoms with Crippen LogP contribution >= 0.6 is 0 Å². The van der Waals surface area contributed by atoms with Crippen LogP contribution in [0.2, 0.25) is 0 Å². The number of aryl methyl sites for hydroxylation is 1. The molecule has 4 heteroatoms. The average Bonchev–Trinajstić information content (AvgIpc) is 2.44. The summed E-state index contributed by atoms with van der Waals surface area (Å²) in [6.07, 6.45) is 1.69. The first kappa shape index (κ1) is 12.7. The largest absolute Gasteiger partial charge is 0.299 e. The van der Waals surface area contributed by atoms with Gasteiger partial charge in [0.25, 0.3) is 5.56 Å². The highest BCUT2D eigenvalue weighted by molar-refractivity contribution is 5.80. The SMILES string of the molecule is Cc1[nH]n(C(C)C)c(=O)c1C=NCC(C)C. The van der Waals surface area contributed by atoms with Crippen molar-refractivity contribution in [2.24, 2.45) is 10.9 Å². The number of hydrogen-bond donors (Lipinski definition) is 1. The van der Waals surface area contributed by atoms with Gasteiger partial charge in [-0.05, 0) is 26.7 Å². The fraction of sp³-hybridized carbons (Fsp3) is 0.667. The van der Waals surface area contributed by atoms with Crippen LogP contribution in [0.4, 0.5) is 0 Å². The first-order valence-electron chi connectivity index (χ1n) is 5.74. The Hall–Kier alpha value is -1.32. The molecule has 0 aromatic carbocycles. The van der Waals surface area contributed by atoms with Gasteiger partial charge in [-0.25, -0.2) is 4.68 Å². The molecule has 90 valence electrons. The van der Waals surface area contributed by atoms with Crippen molar-refractivity contribution in [1.82, 2.24) is 9.78 Å². The van der Waals surface area contributed by atoms with Crippen molar-refractivity contribution in [3.63, 3.8) is 0 Å². The van der Waals surface area contributed by atoms with Crippen LogP contribution in [0.5, 0.6) is 0 Å². The smallest absolute Gasteiger partial charge is 0.275 e. The highest BCUT2D eigenvalue weighted by Crippen LogP contribution is 2.03. The molecule has 0 aliphatic carbocycles. The van der Waals surface area contributed by atoms with Gasteiger partial charge in [-0.15, -0.1) is 0 Å². The number of H-pyrrole nitrogens is 1. The topological polar surface area (TPSA) is 50.1 Å². The molecule has 0 fully saturated rings. The van der Waals surface area contributed by atoms with E-state index < -0.39 is 0 Å². The van der Waals surface area contributed by atoms with E-state index in [1.54, 1.807) is 10.9 Å². The van der Waals surface area contributed by atoms with Gasteiger partial charge in [-0.3, -0.25) is 14.9 Å². The van der Waals surface area contributed by atoms with Crippen molar-refractivity contribution >= 4 is 6.21 Å². The fourth-order valence-corrected chi connectivity index (χ4v) is 1.45. The quantitative estimate of drug-likeness (QED) is 0.781. The van der Waals surface area contributed by atoms with Crippen LogP contribution in [0.3, 0.4) is 0 Å². The summed E-state index contributed by atoms with van der Waals surface area (Å²) in [5, 5.41) is 3.06. The Morgan fingerprint density at radius 1 is 1.38 bits per heavy atom. The highest BCUT2D eigenvalue weighted by atomic mass is 16.1. The van der Waals surface area contributed by atoms with Crippen LogP contribution in [-0.4, -0.2) is 22.5 Å². The number of aromatic amines is 1. The van der Waals surface area contributed by atoms with Crippen molar-refractivity contribution in [1.29, 1.82) is 0 Å². The van der Waals surface area contributed by atoms with Gasteiger partial charge in [0, 0.05) is 24.5 Å². The summed E-state index contributed by atoms with van der Waals surface area (Å²) in [4.78, 5) is 16.2. The number of nitrogens with zero attached hydrogens (tertiary/aromatic N) is 2. The molecule has 1 rings (SSSR count). The zero-order chi connectivity index (χ0) is 12.3. The lowest BCUT2D eigenvalue weighted by atomic mass is 10.2. The lowest BCUT2D eigenvalue weighted by Gasteiger charge is -2.03. The normalized spacial score (nSPS) is 12.2. The Kier molecular flexibility index (Phi) is 4.10. The van der Waals surface area contributed by atoms with Crippen LogP contribution in [0, 0.1) is 12.8 Å². The van der Waals surface area contributed by atoms with Gasteiger partial charge >= 0.3 is 0 Å². The number of aromatic nitrogens is 2. The highest BCUT2D eigenvalue weighted by Gasteiger charge is 2.10. The predicted octanol–water partition coefficient (Wildman–Crippen LogP) is 2.14. The van der Waals surface area contributed by atoms with Gasteiger partial charge in [-0.1, -0.05) is 13.8 Å². The number of nitrogens with one attached hydrogen (secondary N) is 1. The summed E-state index contributed by atoms with van der Waals surface area (Å²) in [6, 6.07) is 0.151. The molecule has 0 saturated carbocycles. The van der Waals surface area contributed by atoms with E-state index in [9.17, 15) is 4.79 Å². The molecule has 1 heterocycles. The summed E-state index contributed by atoms with van der Waals surface area (Å²) in [5.41, 5.74) is 1.57. The molecule has 1 aromatic rings. The third kappa shape index (κ3) is 2.84. The zero-order valence-electron chi connectivity index (χ0n) is 10.7. The van der Waals surface area contributed by atoms with Crippen molar-refractivity contribution in [3.05, 3.63) is 21.6 Å². The third-order valence-electron chi connectivity index (χ3n) is 2.35. The van der Waals surface area contributed by atoms with Crippen LogP contribution in [0.1, 0.15) is 45.0 Å². The lowest BCUT2D eigenvalue weighted by molar-refractivity contribution is 0.514. The average molecular weight is 223 g/mol. The molecular weight excluding hydrogens is 202 g/mol. The number of hydrogen-bond acceptors (Lipinski definition) is 2. The van der Waals surface area contributed by atoms with E-state index in [1.807, 2.05) is 20.8 Å². The van der Waals surface area contributed by atoms with Crippen molar-refractivity contribution in [2.45, 2.75) is 40.7 Å². The molecule has 1 aromatic heterocycles. The Morgan fingerprint density at radius 2 is 2.00 bits per heavy atom. The second-order valence-corrected chi connectivity index (χ2v) is 4.81. The van der Waals surface area contributed by atoms with Crippen molar-refractivity contribution in [3.8, 4) is 0 Å². The van der Waals surface area contributed by atoms with E-state index >= 15 is 0 Å². The standard InChI is InChI=1S/C12H21N3O/c1-8(2)6-13-7-11-10(5)14-15(9(3)4)12(11)16/h7-9,14H,6H2,1-5H3. The summed E-state index contributed by atoms with van der Waals surface area (Å²) < 4.78 is 1.63. The van der Waals surface area contributed by atoms with E-state index in [1.165, 1.54) is 0 Å². The summed E-state index contributed by atoms with van der Waals surface area (Å²) >= 11 is 0. The zero-order valence-corrected chi connectivity index (χ0v) is 10.7. The Bertz CT molecular complexity index is 424. The monoisotopic (exact) mass is 223 g/mol. The van der Waals surface area contributed by atoms with Gasteiger partial charge < -0.3 is 0 Å². The molecule has 0 spiro atoms. The third-order valence-corrected chi connectivity index (χ3v) is 2.35. The van der Waals surface area contributed by atoms with Gasteiger partial charge in [0.15, 0.2) is 0 Å². The van der Waals surface area contributed by atoms with Crippen LogP contribution < -0.4 is 5.56 Å². The summed E-state index contributed by atoms with van der Waals surface area (Å²) in [7, 11) is 0. The Labute approximate surface area is 96.4 Å². The lowest BCUT2D eigenvalue weighted by Crippen LogP contribution is -2.20. The maximum absolute atomic E-state index is 11.9. The summed E-state index contributed by atoms with van der Waals surface area (Å²) in [5.74, 6) is 0.517. The van der Waals surface area contributed by atoms with E-state index in [0.29, 0.717) is 11.5 Å². The second-order valence-electron chi connectivity index (χ2n) is 4.81. The van der Waals surface area contributed by atoms with Crippen LogP contribution in [0.25, 0.3) is 0 Å². The molecule has 0 bridgehead atoms. The number of aliphatic imine (C=N–C) groups is 1. The maximum atomic E-state index is 11.9. The van der Waals surface area contributed by atoms with Gasteiger partial charge in [-0.2, -0.15) is 0 Å². The molecule has 0 amide bonds. The summed E-state index contributed by atoms with van der Waals surface area (Å²) in [6.45, 7) is 10.8. The predicted molar refractivity (Wildman–Crippen MR) is 67.5 cm³/mol.